The van der Waals surface area contributed by atoms with Crippen LogP contribution in [0.4, 0.5) is 4.79 Å². The van der Waals surface area contributed by atoms with Crippen LogP contribution in [0.2, 0.25) is 0 Å². The van der Waals surface area contributed by atoms with Crippen molar-refractivity contribution in [3.63, 3.8) is 0 Å². The lowest BCUT2D eigenvalue weighted by molar-refractivity contribution is -0.147. The molecule has 0 fully saturated rings. The van der Waals surface area contributed by atoms with Crippen molar-refractivity contribution in [2.75, 3.05) is 13.2 Å². The highest BCUT2D eigenvalue weighted by Gasteiger charge is 2.21. The highest BCUT2D eigenvalue weighted by molar-refractivity contribution is 5.68. The SMILES string of the molecule is CC(C)(CNC(=O)OCc1ccccc1)OCC(=O)O. The maximum Gasteiger partial charge on any atom is 0.407 e. The van der Waals surface area contributed by atoms with Gasteiger partial charge >= 0.3 is 12.1 Å². The molecule has 0 aliphatic carbocycles. The second-order valence-corrected chi connectivity index (χ2v) is 4.86. The number of aliphatic carboxylic acids is 1. The van der Waals surface area contributed by atoms with Gasteiger partial charge in [0.05, 0.1) is 5.60 Å². The summed E-state index contributed by atoms with van der Waals surface area (Å²) in [5.41, 5.74) is 0.119. The van der Waals surface area contributed by atoms with Crippen LogP contribution in [-0.2, 0) is 20.9 Å². The molecule has 2 N–H and O–H groups in total. The normalized spacial score (nSPS) is 10.9. The predicted octanol–water partition coefficient (Wildman–Crippen LogP) is 1.79. The first-order chi connectivity index (χ1) is 9.39. The number of hydrogen-bond donors (Lipinski definition) is 2. The summed E-state index contributed by atoms with van der Waals surface area (Å²) in [6, 6.07) is 9.31. The first kappa shape index (κ1) is 16.0. The van der Waals surface area contributed by atoms with Crippen molar-refractivity contribution in [3.05, 3.63) is 35.9 Å². The number of carbonyl (C=O) groups is 2. The zero-order chi connectivity index (χ0) is 15.0. The monoisotopic (exact) mass is 281 g/mol. The van der Waals surface area contributed by atoms with Crippen LogP contribution in [0.3, 0.4) is 0 Å². The maximum atomic E-state index is 11.5. The molecule has 1 aromatic rings. The molecule has 0 atom stereocenters. The zero-order valence-corrected chi connectivity index (χ0v) is 11.6. The first-order valence-corrected chi connectivity index (χ1v) is 6.19. The van der Waals surface area contributed by atoms with Gasteiger partial charge in [0.15, 0.2) is 0 Å². The van der Waals surface area contributed by atoms with Gasteiger partial charge in [-0.1, -0.05) is 30.3 Å². The quantitative estimate of drug-likeness (QED) is 0.796. The fourth-order valence-corrected chi connectivity index (χ4v) is 1.37. The predicted molar refractivity (Wildman–Crippen MR) is 72.3 cm³/mol. The Labute approximate surface area is 117 Å². The van der Waals surface area contributed by atoms with Crippen LogP contribution in [-0.4, -0.2) is 35.9 Å². The number of rotatable bonds is 7. The van der Waals surface area contributed by atoms with E-state index in [1.165, 1.54) is 0 Å². The molecule has 1 aromatic carbocycles. The van der Waals surface area contributed by atoms with E-state index >= 15 is 0 Å². The third kappa shape index (κ3) is 6.75. The summed E-state index contributed by atoms with van der Waals surface area (Å²) in [6.45, 7) is 3.31. The van der Waals surface area contributed by atoms with E-state index in [4.69, 9.17) is 14.6 Å². The van der Waals surface area contributed by atoms with Gasteiger partial charge in [0, 0.05) is 6.54 Å². The summed E-state index contributed by atoms with van der Waals surface area (Å²) in [6.07, 6.45) is -0.569. The molecular weight excluding hydrogens is 262 g/mol. The fraction of sp³-hybridized carbons (Fsp3) is 0.429. The third-order valence-electron chi connectivity index (χ3n) is 2.46. The molecule has 0 spiro atoms. The summed E-state index contributed by atoms with van der Waals surface area (Å²) in [4.78, 5) is 21.9. The second kappa shape index (κ2) is 7.49. The number of carboxylic acid groups (broad SMARTS) is 1. The molecule has 0 aliphatic heterocycles. The zero-order valence-electron chi connectivity index (χ0n) is 11.6. The molecule has 0 saturated carbocycles. The van der Waals surface area contributed by atoms with E-state index < -0.39 is 24.3 Å². The molecule has 0 radical (unpaired) electrons. The third-order valence-corrected chi connectivity index (χ3v) is 2.46. The highest BCUT2D eigenvalue weighted by Crippen LogP contribution is 2.07. The van der Waals surface area contributed by atoms with Gasteiger partial charge in [-0.3, -0.25) is 0 Å². The minimum atomic E-state index is -1.05. The summed E-state index contributed by atoms with van der Waals surface area (Å²) in [7, 11) is 0. The Morgan fingerprint density at radius 2 is 1.90 bits per heavy atom. The van der Waals surface area contributed by atoms with Gasteiger partial charge in [0.2, 0.25) is 0 Å². The van der Waals surface area contributed by atoms with E-state index in [0.29, 0.717) is 0 Å². The molecule has 6 heteroatoms. The van der Waals surface area contributed by atoms with Crippen LogP contribution >= 0.6 is 0 Å². The van der Waals surface area contributed by atoms with Crippen LogP contribution in [0.5, 0.6) is 0 Å². The topological polar surface area (TPSA) is 84.9 Å². The molecular formula is C14H19NO5. The van der Waals surface area contributed by atoms with Gasteiger partial charge in [-0.15, -0.1) is 0 Å². The molecule has 0 bridgehead atoms. The lowest BCUT2D eigenvalue weighted by Crippen LogP contribution is -2.41. The van der Waals surface area contributed by atoms with E-state index in [1.807, 2.05) is 30.3 Å². The Balaban J connectivity index is 2.27. The molecule has 0 aromatic heterocycles. The summed E-state index contributed by atoms with van der Waals surface area (Å²) in [5.74, 6) is -1.05. The van der Waals surface area contributed by atoms with E-state index in [1.54, 1.807) is 13.8 Å². The Hall–Kier alpha value is -2.08. The number of amides is 1. The van der Waals surface area contributed by atoms with E-state index in [-0.39, 0.29) is 13.2 Å². The molecule has 0 unspecified atom stereocenters. The van der Waals surface area contributed by atoms with Crippen LogP contribution in [0.1, 0.15) is 19.4 Å². The smallest absolute Gasteiger partial charge is 0.407 e. The number of alkyl carbamates (subject to hydrolysis) is 1. The molecule has 0 heterocycles. The standard InChI is InChI=1S/C14H19NO5/c1-14(2,20-9-12(16)17)10-15-13(18)19-8-11-6-4-3-5-7-11/h3-7H,8-10H2,1-2H3,(H,15,18)(H,16,17). The van der Waals surface area contributed by atoms with Crippen LogP contribution in [0.25, 0.3) is 0 Å². The summed E-state index contributed by atoms with van der Waals surface area (Å²) in [5, 5.41) is 11.1. The van der Waals surface area contributed by atoms with E-state index in [0.717, 1.165) is 5.56 Å². The second-order valence-electron chi connectivity index (χ2n) is 4.86. The van der Waals surface area contributed by atoms with Crippen molar-refractivity contribution in [1.82, 2.24) is 5.32 Å². The molecule has 6 nitrogen and oxygen atoms in total. The lowest BCUT2D eigenvalue weighted by Gasteiger charge is -2.24. The number of benzene rings is 1. The van der Waals surface area contributed by atoms with Gasteiger partial charge in [-0.25, -0.2) is 9.59 Å². The summed E-state index contributed by atoms with van der Waals surface area (Å²) >= 11 is 0. The molecule has 1 rings (SSSR count). The molecule has 20 heavy (non-hydrogen) atoms. The van der Waals surface area contributed by atoms with Crippen molar-refractivity contribution in [2.24, 2.45) is 0 Å². The number of carboxylic acids is 1. The van der Waals surface area contributed by atoms with Crippen LogP contribution in [0.15, 0.2) is 30.3 Å². The van der Waals surface area contributed by atoms with Crippen molar-refractivity contribution >= 4 is 12.1 Å². The molecule has 1 amide bonds. The number of ether oxygens (including phenoxy) is 2. The highest BCUT2D eigenvalue weighted by atomic mass is 16.6. The maximum absolute atomic E-state index is 11.5. The van der Waals surface area contributed by atoms with Gasteiger partial charge in [0.25, 0.3) is 0 Å². The van der Waals surface area contributed by atoms with Crippen molar-refractivity contribution in [3.8, 4) is 0 Å². The minimum Gasteiger partial charge on any atom is -0.480 e. The lowest BCUT2D eigenvalue weighted by atomic mass is 10.1. The number of hydrogen-bond acceptors (Lipinski definition) is 4. The van der Waals surface area contributed by atoms with Gasteiger partial charge in [-0.2, -0.15) is 0 Å². The Kier molecular flexibility index (Phi) is 5.99. The molecule has 0 aliphatic rings. The average molecular weight is 281 g/mol. The van der Waals surface area contributed by atoms with Crippen molar-refractivity contribution in [1.29, 1.82) is 0 Å². The molecule has 110 valence electrons. The summed E-state index contributed by atoms with van der Waals surface area (Å²) < 4.78 is 10.2. The first-order valence-electron chi connectivity index (χ1n) is 6.19. The largest absolute Gasteiger partial charge is 0.480 e. The Bertz CT molecular complexity index is 444. The van der Waals surface area contributed by atoms with Crippen molar-refractivity contribution in [2.45, 2.75) is 26.1 Å². The number of carbonyl (C=O) groups excluding carboxylic acids is 1. The van der Waals surface area contributed by atoms with Gasteiger partial charge in [-0.05, 0) is 19.4 Å². The molecule has 0 saturated heterocycles. The van der Waals surface area contributed by atoms with Crippen LogP contribution in [0, 0.1) is 0 Å². The van der Waals surface area contributed by atoms with E-state index in [2.05, 4.69) is 5.32 Å². The fourth-order valence-electron chi connectivity index (χ4n) is 1.37. The minimum absolute atomic E-state index is 0.161. The van der Waals surface area contributed by atoms with E-state index in [9.17, 15) is 9.59 Å². The van der Waals surface area contributed by atoms with Gasteiger partial charge in [0.1, 0.15) is 13.2 Å². The Morgan fingerprint density at radius 1 is 1.25 bits per heavy atom. The van der Waals surface area contributed by atoms with Crippen LogP contribution < -0.4 is 5.32 Å². The van der Waals surface area contributed by atoms with Gasteiger partial charge < -0.3 is 19.9 Å². The van der Waals surface area contributed by atoms with Crippen molar-refractivity contribution < 1.29 is 24.2 Å². The Morgan fingerprint density at radius 3 is 2.50 bits per heavy atom. The number of nitrogens with one attached hydrogen (secondary N) is 1. The average Bonchev–Trinajstić information content (AvgIpc) is 2.42.